The molecule has 80 valence electrons. The number of tetrazole rings is 1. The Hall–Kier alpha value is -2.04. The van der Waals surface area contributed by atoms with Crippen LogP contribution < -0.4 is 0 Å². The Morgan fingerprint density at radius 1 is 1.06 bits per heavy atom. The molecule has 5 nitrogen and oxygen atoms in total. The summed E-state index contributed by atoms with van der Waals surface area (Å²) in [5.74, 6) is 0. The van der Waals surface area contributed by atoms with Crippen LogP contribution in [0.25, 0.3) is 16.7 Å². The number of aryl methyl sites for hydroxylation is 3. The molecule has 0 atom stereocenters. The van der Waals surface area contributed by atoms with Crippen molar-refractivity contribution in [1.29, 1.82) is 0 Å². The van der Waals surface area contributed by atoms with E-state index in [0.29, 0.717) is 0 Å². The van der Waals surface area contributed by atoms with Crippen molar-refractivity contribution in [3.63, 3.8) is 0 Å². The third-order valence-corrected chi connectivity index (χ3v) is 2.90. The van der Waals surface area contributed by atoms with Gasteiger partial charge in [-0.2, -0.15) is 4.52 Å². The summed E-state index contributed by atoms with van der Waals surface area (Å²) in [6, 6.07) is 4.14. The molecule has 0 spiro atoms. The number of benzene rings is 1. The zero-order valence-corrected chi connectivity index (χ0v) is 9.39. The Kier molecular flexibility index (Phi) is 1.71. The van der Waals surface area contributed by atoms with Crippen molar-refractivity contribution in [3.8, 4) is 0 Å². The maximum atomic E-state index is 4.51. The Balaban J connectivity index is 2.59. The molecule has 3 rings (SSSR count). The van der Waals surface area contributed by atoms with Crippen molar-refractivity contribution in [2.45, 2.75) is 20.8 Å². The minimum Gasteiger partial charge on any atom is -0.247 e. The van der Waals surface area contributed by atoms with Crippen LogP contribution in [0, 0.1) is 20.8 Å². The van der Waals surface area contributed by atoms with Gasteiger partial charge in [0.05, 0.1) is 16.7 Å². The van der Waals surface area contributed by atoms with Gasteiger partial charge in [-0.25, -0.2) is 4.98 Å². The normalized spacial score (nSPS) is 11.4. The lowest BCUT2D eigenvalue weighted by atomic mass is 10.1. The van der Waals surface area contributed by atoms with Crippen LogP contribution >= 0.6 is 0 Å². The van der Waals surface area contributed by atoms with Gasteiger partial charge in [0.25, 0.3) is 0 Å². The molecule has 2 aromatic heterocycles. The predicted molar refractivity (Wildman–Crippen MR) is 60.3 cm³/mol. The van der Waals surface area contributed by atoms with Crippen LogP contribution in [-0.2, 0) is 0 Å². The fraction of sp³-hybridized carbons (Fsp3) is 0.273. The standard InChI is InChI=1S/C11H11N5/c1-6-4-9-10(5-7(6)2)16-11(8(3)12-9)13-14-15-16/h4-5H,1-3H3. The van der Waals surface area contributed by atoms with Crippen molar-refractivity contribution >= 4 is 16.7 Å². The van der Waals surface area contributed by atoms with Crippen LogP contribution in [0.15, 0.2) is 12.1 Å². The van der Waals surface area contributed by atoms with Crippen LogP contribution in [0.2, 0.25) is 0 Å². The number of hydrogen-bond acceptors (Lipinski definition) is 4. The van der Waals surface area contributed by atoms with Gasteiger partial charge in [0.2, 0.25) is 5.65 Å². The predicted octanol–water partition coefficient (Wildman–Crippen LogP) is 1.60. The molecule has 0 radical (unpaired) electrons. The molecular formula is C11H11N5. The second-order valence-corrected chi connectivity index (χ2v) is 4.04. The molecule has 0 saturated heterocycles. The minimum atomic E-state index is 0.718. The summed E-state index contributed by atoms with van der Waals surface area (Å²) < 4.78 is 1.74. The number of fused-ring (bicyclic) bond motifs is 3. The summed E-state index contributed by atoms with van der Waals surface area (Å²) in [5.41, 5.74) is 5.90. The number of nitrogens with zero attached hydrogens (tertiary/aromatic N) is 5. The molecule has 5 heteroatoms. The van der Waals surface area contributed by atoms with E-state index in [1.54, 1.807) is 4.52 Å². The van der Waals surface area contributed by atoms with Crippen LogP contribution in [0.4, 0.5) is 0 Å². The number of rotatable bonds is 0. The highest BCUT2D eigenvalue weighted by Crippen LogP contribution is 2.19. The fourth-order valence-corrected chi connectivity index (χ4v) is 1.85. The molecule has 16 heavy (non-hydrogen) atoms. The Morgan fingerprint density at radius 2 is 1.81 bits per heavy atom. The maximum absolute atomic E-state index is 4.51. The van der Waals surface area contributed by atoms with Crippen LogP contribution in [0.3, 0.4) is 0 Å². The average Bonchev–Trinajstić information content (AvgIpc) is 2.71. The second-order valence-electron chi connectivity index (χ2n) is 4.04. The highest BCUT2D eigenvalue weighted by Gasteiger charge is 2.09. The Bertz CT molecular complexity index is 698. The third kappa shape index (κ3) is 1.11. The smallest absolute Gasteiger partial charge is 0.201 e. The quantitative estimate of drug-likeness (QED) is 0.569. The van der Waals surface area contributed by atoms with E-state index in [-0.39, 0.29) is 0 Å². The first-order chi connectivity index (χ1) is 7.66. The van der Waals surface area contributed by atoms with Gasteiger partial charge in [-0.1, -0.05) is 0 Å². The monoisotopic (exact) mass is 213 g/mol. The van der Waals surface area contributed by atoms with Crippen LogP contribution in [0.5, 0.6) is 0 Å². The van der Waals surface area contributed by atoms with Gasteiger partial charge in [-0.15, -0.1) is 5.10 Å². The van der Waals surface area contributed by atoms with Gasteiger partial charge >= 0.3 is 0 Å². The van der Waals surface area contributed by atoms with E-state index in [2.05, 4.69) is 46.5 Å². The summed E-state index contributed by atoms with van der Waals surface area (Å²) in [4.78, 5) is 4.51. The molecule has 0 aliphatic rings. The van der Waals surface area contributed by atoms with Crippen molar-refractivity contribution in [3.05, 3.63) is 29.0 Å². The van der Waals surface area contributed by atoms with Crippen molar-refractivity contribution in [1.82, 2.24) is 25.0 Å². The molecule has 2 heterocycles. The van der Waals surface area contributed by atoms with Crippen molar-refractivity contribution in [2.75, 3.05) is 0 Å². The van der Waals surface area contributed by atoms with Gasteiger partial charge in [-0.05, 0) is 54.5 Å². The first-order valence-electron chi connectivity index (χ1n) is 5.12. The maximum Gasteiger partial charge on any atom is 0.201 e. The second kappa shape index (κ2) is 2.98. The van der Waals surface area contributed by atoms with E-state index in [4.69, 9.17) is 0 Å². The third-order valence-electron chi connectivity index (χ3n) is 2.90. The molecule has 0 N–H and O–H groups in total. The van der Waals surface area contributed by atoms with Crippen molar-refractivity contribution in [2.24, 2.45) is 0 Å². The summed E-state index contributed by atoms with van der Waals surface area (Å²) in [6.45, 7) is 6.07. The summed E-state index contributed by atoms with van der Waals surface area (Å²) in [6.07, 6.45) is 0. The lowest BCUT2D eigenvalue weighted by Crippen LogP contribution is -1.98. The van der Waals surface area contributed by atoms with E-state index in [1.165, 1.54) is 11.1 Å². The van der Waals surface area contributed by atoms with Crippen LogP contribution in [-0.4, -0.2) is 25.0 Å². The Labute approximate surface area is 92.1 Å². The summed E-state index contributed by atoms with van der Waals surface area (Å²) >= 11 is 0. The molecule has 0 aliphatic carbocycles. The molecule has 3 aromatic rings. The highest BCUT2D eigenvalue weighted by molar-refractivity contribution is 5.79. The van der Waals surface area contributed by atoms with Gasteiger partial charge in [0.1, 0.15) is 0 Å². The summed E-state index contributed by atoms with van der Waals surface area (Å²) in [5, 5.41) is 11.6. The van der Waals surface area contributed by atoms with Crippen LogP contribution in [0.1, 0.15) is 16.8 Å². The Morgan fingerprint density at radius 3 is 2.62 bits per heavy atom. The number of hydrogen-bond donors (Lipinski definition) is 0. The van der Waals surface area contributed by atoms with Gasteiger partial charge in [0, 0.05) is 0 Å². The SMILES string of the molecule is Cc1cc2nc(C)c3nnnn3c2cc1C. The van der Waals surface area contributed by atoms with E-state index < -0.39 is 0 Å². The van der Waals surface area contributed by atoms with E-state index >= 15 is 0 Å². The van der Waals surface area contributed by atoms with Gasteiger partial charge < -0.3 is 0 Å². The molecule has 1 aromatic carbocycles. The average molecular weight is 213 g/mol. The highest BCUT2D eigenvalue weighted by atomic mass is 15.5. The fourth-order valence-electron chi connectivity index (χ4n) is 1.85. The molecular weight excluding hydrogens is 202 g/mol. The lowest BCUT2D eigenvalue weighted by molar-refractivity contribution is 0.839. The molecule has 0 amide bonds. The van der Waals surface area contributed by atoms with E-state index in [1.807, 2.05) is 6.92 Å². The zero-order valence-electron chi connectivity index (χ0n) is 9.39. The zero-order chi connectivity index (χ0) is 11.3. The topological polar surface area (TPSA) is 56.0 Å². The van der Waals surface area contributed by atoms with Gasteiger partial charge in [-0.3, -0.25) is 0 Å². The summed E-state index contributed by atoms with van der Waals surface area (Å²) in [7, 11) is 0. The lowest BCUT2D eigenvalue weighted by Gasteiger charge is -2.05. The first-order valence-corrected chi connectivity index (χ1v) is 5.12. The van der Waals surface area contributed by atoms with Crippen molar-refractivity contribution < 1.29 is 0 Å². The van der Waals surface area contributed by atoms with E-state index in [0.717, 1.165) is 22.4 Å². The van der Waals surface area contributed by atoms with E-state index in [9.17, 15) is 0 Å². The molecule has 0 bridgehead atoms. The van der Waals surface area contributed by atoms with Gasteiger partial charge in [0.15, 0.2) is 0 Å². The minimum absolute atomic E-state index is 0.718. The molecule has 0 aliphatic heterocycles. The molecule has 0 saturated carbocycles. The largest absolute Gasteiger partial charge is 0.247 e. The molecule has 0 unspecified atom stereocenters. The number of aromatic nitrogens is 5. The molecule has 0 fully saturated rings. The first kappa shape index (κ1) is 9.21.